The number of carbonyl (C=O) groups excluding carboxylic acids is 1. The van der Waals surface area contributed by atoms with Crippen molar-refractivity contribution in [3.63, 3.8) is 0 Å². The third kappa shape index (κ3) is 2.29. The number of hydrogen-bond acceptors (Lipinski definition) is 3. The molecule has 0 saturated carbocycles. The van der Waals surface area contributed by atoms with Crippen molar-refractivity contribution in [2.45, 2.75) is 0 Å². The fraction of sp³-hybridized carbons (Fsp3) is 0.300. The Kier molecular flexibility index (Phi) is 3.59. The Morgan fingerprint density at radius 3 is 2.79 bits per heavy atom. The molecule has 4 heteroatoms. The van der Waals surface area contributed by atoms with Crippen LogP contribution in [-0.2, 0) is 0 Å². The number of carbonyl (C=O) groups is 1. The average molecular weight is 197 g/mol. The monoisotopic (exact) mass is 197 g/mol. The van der Waals surface area contributed by atoms with E-state index in [4.69, 9.17) is 4.74 Å². The van der Waals surface area contributed by atoms with Crippen LogP contribution < -0.4 is 10.1 Å². The second-order valence-electron chi connectivity index (χ2n) is 2.80. The number of methoxy groups -OCH3 is 1. The van der Waals surface area contributed by atoms with Gasteiger partial charge in [0.15, 0.2) is 17.3 Å². The summed E-state index contributed by atoms with van der Waals surface area (Å²) in [5.41, 5.74) is 0.345. The van der Waals surface area contributed by atoms with Gasteiger partial charge in [0, 0.05) is 5.56 Å². The summed E-state index contributed by atoms with van der Waals surface area (Å²) in [5.74, 6) is -0.519. The van der Waals surface area contributed by atoms with E-state index in [-0.39, 0.29) is 18.1 Å². The minimum absolute atomic E-state index is 0.144. The molecule has 0 heterocycles. The summed E-state index contributed by atoms with van der Waals surface area (Å²) in [4.78, 5) is 11.3. The van der Waals surface area contributed by atoms with Gasteiger partial charge in [-0.3, -0.25) is 4.79 Å². The molecule has 1 aromatic carbocycles. The largest absolute Gasteiger partial charge is 0.494 e. The highest BCUT2D eigenvalue weighted by Gasteiger charge is 2.08. The first-order valence-electron chi connectivity index (χ1n) is 4.20. The summed E-state index contributed by atoms with van der Waals surface area (Å²) in [5, 5.41) is 2.71. The molecule has 0 radical (unpaired) electrons. The quantitative estimate of drug-likeness (QED) is 0.738. The van der Waals surface area contributed by atoms with Crippen LogP contribution in [0.3, 0.4) is 0 Å². The van der Waals surface area contributed by atoms with Crippen molar-refractivity contribution in [1.82, 2.24) is 5.32 Å². The number of ketones is 1. The van der Waals surface area contributed by atoms with Crippen molar-refractivity contribution in [3.05, 3.63) is 29.6 Å². The van der Waals surface area contributed by atoms with Crippen LogP contribution in [0, 0.1) is 5.82 Å². The third-order valence-electron chi connectivity index (χ3n) is 1.81. The number of nitrogens with one attached hydrogen (secondary N) is 1. The topological polar surface area (TPSA) is 38.3 Å². The van der Waals surface area contributed by atoms with E-state index in [1.54, 1.807) is 13.1 Å². The van der Waals surface area contributed by atoms with Gasteiger partial charge < -0.3 is 10.1 Å². The van der Waals surface area contributed by atoms with Crippen molar-refractivity contribution in [3.8, 4) is 5.75 Å². The summed E-state index contributed by atoms with van der Waals surface area (Å²) >= 11 is 0. The molecule has 0 unspecified atom stereocenters. The minimum atomic E-state index is -0.519. The van der Waals surface area contributed by atoms with Gasteiger partial charge in [-0.15, -0.1) is 0 Å². The molecule has 1 aromatic rings. The normalized spacial score (nSPS) is 9.93. The van der Waals surface area contributed by atoms with E-state index in [2.05, 4.69) is 5.32 Å². The van der Waals surface area contributed by atoms with Crippen molar-refractivity contribution < 1.29 is 13.9 Å². The summed E-state index contributed by atoms with van der Waals surface area (Å²) in [7, 11) is 3.05. The number of Topliss-reactive ketones (excluding diaryl/α,β-unsaturated/α-hetero) is 1. The van der Waals surface area contributed by atoms with E-state index < -0.39 is 5.82 Å². The average Bonchev–Trinajstić information content (AvgIpc) is 2.18. The summed E-state index contributed by atoms with van der Waals surface area (Å²) in [6.07, 6.45) is 0. The summed E-state index contributed by atoms with van der Waals surface area (Å²) < 4.78 is 17.9. The molecule has 14 heavy (non-hydrogen) atoms. The molecule has 0 aliphatic carbocycles. The van der Waals surface area contributed by atoms with E-state index in [0.29, 0.717) is 5.56 Å². The fourth-order valence-electron chi connectivity index (χ4n) is 1.10. The highest BCUT2D eigenvalue weighted by Crippen LogP contribution is 2.17. The third-order valence-corrected chi connectivity index (χ3v) is 1.81. The predicted molar refractivity (Wildman–Crippen MR) is 51.2 cm³/mol. The number of benzene rings is 1. The molecule has 0 aromatic heterocycles. The Hall–Kier alpha value is -1.42. The van der Waals surface area contributed by atoms with E-state index in [0.717, 1.165) is 0 Å². The first-order chi connectivity index (χ1) is 6.69. The molecule has 0 amide bonds. The Morgan fingerprint density at radius 1 is 1.57 bits per heavy atom. The number of ether oxygens (including phenoxy) is 1. The number of rotatable bonds is 4. The lowest BCUT2D eigenvalue weighted by molar-refractivity contribution is 0.0993. The highest BCUT2D eigenvalue weighted by molar-refractivity contribution is 5.97. The lowest BCUT2D eigenvalue weighted by Gasteiger charge is -2.04. The van der Waals surface area contributed by atoms with E-state index in [9.17, 15) is 9.18 Å². The Balaban J connectivity index is 2.91. The van der Waals surface area contributed by atoms with Gasteiger partial charge in [-0.25, -0.2) is 4.39 Å². The molecule has 76 valence electrons. The van der Waals surface area contributed by atoms with Crippen molar-refractivity contribution in [2.75, 3.05) is 20.7 Å². The number of hydrogen-bond donors (Lipinski definition) is 1. The minimum Gasteiger partial charge on any atom is -0.494 e. The molecule has 0 atom stereocenters. The maximum atomic E-state index is 13.2. The van der Waals surface area contributed by atoms with Gasteiger partial charge in [0.25, 0.3) is 0 Å². The lowest BCUT2D eigenvalue weighted by Crippen LogP contribution is -2.18. The SMILES string of the molecule is CNCC(=O)c1ccc(OC)c(F)c1. The maximum Gasteiger partial charge on any atom is 0.176 e. The standard InChI is InChI=1S/C10H12FNO2/c1-12-6-9(13)7-3-4-10(14-2)8(11)5-7/h3-5,12H,6H2,1-2H3. The second kappa shape index (κ2) is 4.72. The molecular weight excluding hydrogens is 185 g/mol. The van der Waals surface area contributed by atoms with Crippen molar-refractivity contribution >= 4 is 5.78 Å². The molecule has 3 nitrogen and oxygen atoms in total. The van der Waals surface area contributed by atoms with Crippen LogP contribution >= 0.6 is 0 Å². The van der Waals surface area contributed by atoms with Gasteiger partial charge in [0.05, 0.1) is 13.7 Å². The number of likely N-dealkylation sites (N-methyl/N-ethyl adjacent to an activating group) is 1. The van der Waals surface area contributed by atoms with E-state index in [1.807, 2.05) is 0 Å². The highest BCUT2D eigenvalue weighted by atomic mass is 19.1. The van der Waals surface area contributed by atoms with Crippen molar-refractivity contribution in [2.24, 2.45) is 0 Å². The molecule has 0 aliphatic rings. The zero-order chi connectivity index (χ0) is 10.6. The van der Waals surface area contributed by atoms with Gasteiger partial charge in [0.2, 0.25) is 0 Å². The van der Waals surface area contributed by atoms with Crippen LogP contribution in [0.15, 0.2) is 18.2 Å². The van der Waals surface area contributed by atoms with Crippen LogP contribution in [0.4, 0.5) is 4.39 Å². The molecule has 0 saturated heterocycles. The van der Waals surface area contributed by atoms with Crippen LogP contribution in [0.1, 0.15) is 10.4 Å². The maximum absolute atomic E-state index is 13.2. The van der Waals surface area contributed by atoms with Gasteiger partial charge >= 0.3 is 0 Å². The molecule has 1 rings (SSSR count). The molecule has 0 aliphatic heterocycles. The first kappa shape index (κ1) is 10.7. The first-order valence-corrected chi connectivity index (χ1v) is 4.20. The predicted octanol–water partition coefficient (Wildman–Crippen LogP) is 1.24. The van der Waals surface area contributed by atoms with Crippen LogP contribution in [0.2, 0.25) is 0 Å². The summed E-state index contributed by atoms with van der Waals surface area (Å²) in [6, 6.07) is 4.16. The second-order valence-corrected chi connectivity index (χ2v) is 2.80. The van der Waals surface area contributed by atoms with Gasteiger partial charge in [-0.05, 0) is 25.2 Å². The van der Waals surface area contributed by atoms with Crippen LogP contribution in [-0.4, -0.2) is 26.5 Å². The van der Waals surface area contributed by atoms with E-state index >= 15 is 0 Å². The Labute approximate surface area is 81.9 Å². The number of halogens is 1. The summed E-state index contributed by atoms with van der Waals surface area (Å²) in [6.45, 7) is 0.200. The molecule has 0 bridgehead atoms. The Bertz CT molecular complexity index is 339. The van der Waals surface area contributed by atoms with Crippen LogP contribution in [0.25, 0.3) is 0 Å². The fourth-order valence-corrected chi connectivity index (χ4v) is 1.10. The van der Waals surface area contributed by atoms with Crippen molar-refractivity contribution in [1.29, 1.82) is 0 Å². The van der Waals surface area contributed by atoms with Gasteiger partial charge in [-0.1, -0.05) is 0 Å². The smallest absolute Gasteiger partial charge is 0.176 e. The molecule has 0 fully saturated rings. The van der Waals surface area contributed by atoms with Crippen LogP contribution in [0.5, 0.6) is 5.75 Å². The molecular formula is C10H12FNO2. The zero-order valence-electron chi connectivity index (χ0n) is 8.13. The van der Waals surface area contributed by atoms with Gasteiger partial charge in [0.1, 0.15) is 0 Å². The Morgan fingerprint density at radius 2 is 2.29 bits per heavy atom. The zero-order valence-corrected chi connectivity index (χ0v) is 8.13. The van der Waals surface area contributed by atoms with E-state index in [1.165, 1.54) is 19.2 Å². The molecule has 1 N–H and O–H groups in total. The van der Waals surface area contributed by atoms with Gasteiger partial charge in [-0.2, -0.15) is 0 Å². The molecule has 0 spiro atoms. The lowest BCUT2D eigenvalue weighted by atomic mass is 10.1.